The summed E-state index contributed by atoms with van der Waals surface area (Å²) in [6.07, 6.45) is 58.5. The third kappa shape index (κ3) is 42.3. The molecule has 0 aliphatic heterocycles. The molecule has 348 valence electrons. The predicted octanol–water partition coefficient (Wildman–Crippen LogP) is 15.2. The van der Waals surface area contributed by atoms with Gasteiger partial charge >= 0.3 is 5.97 Å². The van der Waals surface area contributed by atoms with Crippen LogP contribution in [-0.4, -0.2) is 46.9 Å². The predicted molar refractivity (Wildman–Crippen MR) is 259 cm³/mol. The molecule has 1 amide bonds. The summed E-state index contributed by atoms with van der Waals surface area (Å²) in [4.78, 5) is 26.1. The molecule has 3 atom stereocenters. The lowest BCUT2D eigenvalue weighted by molar-refractivity contribution is -0.151. The Morgan fingerprint density at radius 1 is 0.500 bits per heavy atom. The van der Waals surface area contributed by atoms with Crippen LogP contribution in [0, 0.1) is 0 Å². The van der Waals surface area contributed by atoms with E-state index in [-0.39, 0.29) is 24.9 Å². The lowest BCUT2D eigenvalue weighted by Gasteiger charge is -2.24. The fourth-order valence-corrected chi connectivity index (χ4v) is 7.47. The Kier molecular flexibility index (Phi) is 45.7. The quantitative estimate of drug-likeness (QED) is 0.0322. The SMILES string of the molecule is CC/C=C/C/C=C/C/C=C/CCCCCCCCC(=O)OC(CCCCCCC/C=C\C/C=C\CCCCC)CC(=O)NC(CO)C(O)CCCCCCCCCCCC. The molecular formula is C54H97NO5. The zero-order valence-corrected chi connectivity index (χ0v) is 39.6. The number of aliphatic hydroxyl groups is 2. The number of carbonyl (C=O) groups is 2. The average Bonchev–Trinajstić information content (AvgIpc) is 3.24. The molecule has 0 aromatic carbocycles. The van der Waals surface area contributed by atoms with Crippen molar-refractivity contribution in [2.75, 3.05) is 6.61 Å². The van der Waals surface area contributed by atoms with E-state index in [0.29, 0.717) is 19.3 Å². The maximum absolute atomic E-state index is 13.2. The summed E-state index contributed by atoms with van der Waals surface area (Å²) in [5, 5.41) is 23.7. The molecule has 0 aromatic heterocycles. The van der Waals surface area contributed by atoms with Crippen molar-refractivity contribution in [3.05, 3.63) is 60.8 Å². The first kappa shape index (κ1) is 57.6. The van der Waals surface area contributed by atoms with Gasteiger partial charge in [-0.1, -0.05) is 204 Å². The van der Waals surface area contributed by atoms with Crippen molar-refractivity contribution in [1.82, 2.24) is 5.32 Å². The second-order valence-corrected chi connectivity index (χ2v) is 17.2. The monoisotopic (exact) mass is 840 g/mol. The van der Waals surface area contributed by atoms with Crippen LogP contribution in [-0.2, 0) is 14.3 Å². The van der Waals surface area contributed by atoms with Gasteiger partial charge in [-0.3, -0.25) is 9.59 Å². The number of hydrogen-bond donors (Lipinski definition) is 3. The Balaban J connectivity index is 4.63. The molecule has 0 radical (unpaired) electrons. The van der Waals surface area contributed by atoms with Crippen LogP contribution >= 0.6 is 0 Å². The molecule has 0 rings (SSSR count). The van der Waals surface area contributed by atoms with Crippen molar-refractivity contribution in [2.24, 2.45) is 0 Å². The summed E-state index contributed by atoms with van der Waals surface area (Å²) >= 11 is 0. The molecule has 0 fully saturated rings. The minimum atomic E-state index is -0.794. The molecule has 0 saturated carbocycles. The van der Waals surface area contributed by atoms with Crippen molar-refractivity contribution in [3.63, 3.8) is 0 Å². The molecule has 0 aliphatic carbocycles. The van der Waals surface area contributed by atoms with Crippen molar-refractivity contribution in [3.8, 4) is 0 Å². The van der Waals surface area contributed by atoms with Crippen molar-refractivity contribution in [1.29, 1.82) is 0 Å². The fraction of sp³-hybridized carbons (Fsp3) is 0.778. The van der Waals surface area contributed by atoms with Gasteiger partial charge in [0.1, 0.15) is 6.10 Å². The Morgan fingerprint density at radius 2 is 0.900 bits per heavy atom. The highest BCUT2D eigenvalue weighted by atomic mass is 16.5. The molecule has 60 heavy (non-hydrogen) atoms. The third-order valence-corrected chi connectivity index (χ3v) is 11.3. The van der Waals surface area contributed by atoms with Gasteiger partial charge in [0, 0.05) is 6.42 Å². The summed E-state index contributed by atoms with van der Waals surface area (Å²) in [6, 6.07) is -0.709. The minimum Gasteiger partial charge on any atom is -0.462 e. The van der Waals surface area contributed by atoms with Gasteiger partial charge in [0.05, 0.1) is 25.2 Å². The highest BCUT2D eigenvalue weighted by Gasteiger charge is 2.24. The second kappa shape index (κ2) is 47.6. The van der Waals surface area contributed by atoms with Gasteiger partial charge in [0.25, 0.3) is 0 Å². The van der Waals surface area contributed by atoms with Gasteiger partial charge in [-0.2, -0.15) is 0 Å². The van der Waals surface area contributed by atoms with E-state index in [1.807, 2.05) is 0 Å². The second-order valence-electron chi connectivity index (χ2n) is 17.2. The molecule has 0 bridgehead atoms. The number of carbonyl (C=O) groups excluding carboxylic acids is 2. The van der Waals surface area contributed by atoms with Crippen LogP contribution in [0.3, 0.4) is 0 Å². The molecule has 3 N–H and O–H groups in total. The van der Waals surface area contributed by atoms with Gasteiger partial charge in [-0.15, -0.1) is 0 Å². The summed E-state index contributed by atoms with van der Waals surface area (Å²) < 4.78 is 5.92. The van der Waals surface area contributed by atoms with Gasteiger partial charge in [0.2, 0.25) is 5.91 Å². The van der Waals surface area contributed by atoms with Crippen LogP contribution in [0.1, 0.15) is 245 Å². The van der Waals surface area contributed by atoms with E-state index in [2.05, 4.69) is 86.8 Å². The number of hydrogen-bond acceptors (Lipinski definition) is 5. The summed E-state index contributed by atoms with van der Waals surface area (Å²) in [5.41, 5.74) is 0. The van der Waals surface area contributed by atoms with Gasteiger partial charge in [0.15, 0.2) is 0 Å². The number of aliphatic hydroxyl groups excluding tert-OH is 2. The van der Waals surface area contributed by atoms with Crippen LogP contribution in [0.25, 0.3) is 0 Å². The molecule has 6 nitrogen and oxygen atoms in total. The van der Waals surface area contributed by atoms with E-state index in [9.17, 15) is 19.8 Å². The summed E-state index contributed by atoms with van der Waals surface area (Å²) in [5.74, 6) is -0.502. The normalized spacial score (nSPS) is 13.8. The van der Waals surface area contributed by atoms with Crippen molar-refractivity contribution < 1.29 is 24.5 Å². The molecule has 0 heterocycles. The van der Waals surface area contributed by atoms with Crippen LogP contribution in [0.5, 0.6) is 0 Å². The molecule has 0 aliphatic rings. The smallest absolute Gasteiger partial charge is 0.306 e. The first-order chi connectivity index (χ1) is 29.5. The van der Waals surface area contributed by atoms with E-state index >= 15 is 0 Å². The third-order valence-electron chi connectivity index (χ3n) is 11.3. The number of rotatable bonds is 45. The van der Waals surface area contributed by atoms with Crippen molar-refractivity contribution in [2.45, 2.75) is 264 Å². The topological polar surface area (TPSA) is 95.9 Å². The molecule has 6 heteroatoms. The number of amides is 1. The summed E-state index contributed by atoms with van der Waals surface area (Å²) in [7, 11) is 0. The fourth-order valence-electron chi connectivity index (χ4n) is 7.47. The lowest BCUT2D eigenvalue weighted by atomic mass is 10.0. The Hall–Kier alpha value is -2.44. The molecule has 0 spiro atoms. The van der Waals surface area contributed by atoms with E-state index < -0.39 is 18.2 Å². The molecule has 0 aromatic rings. The van der Waals surface area contributed by atoms with E-state index in [1.165, 1.54) is 103 Å². The van der Waals surface area contributed by atoms with E-state index in [1.54, 1.807) is 0 Å². The van der Waals surface area contributed by atoms with Crippen LogP contribution in [0.15, 0.2) is 60.8 Å². The van der Waals surface area contributed by atoms with Gasteiger partial charge < -0.3 is 20.3 Å². The van der Waals surface area contributed by atoms with Crippen LogP contribution < -0.4 is 5.32 Å². The maximum atomic E-state index is 13.2. The van der Waals surface area contributed by atoms with E-state index in [4.69, 9.17) is 4.74 Å². The maximum Gasteiger partial charge on any atom is 0.306 e. The van der Waals surface area contributed by atoms with Gasteiger partial charge in [-0.05, 0) is 89.9 Å². The number of unbranched alkanes of at least 4 members (excludes halogenated alkanes) is 23. The zero-order valence-electron chi connectivity index (χ0n) is 39.6. The Bertz CT molecular complexity index is 1080. The lowest BCUT2D eigenvalue weighted by Crippen LogP contribution is -2.46. The first-order valence-corrected chi connectivity index (χ1v) is 25.5. The molecule has 3 unspecified atom stereocenters. The zero-order chi connectivity index (χ0) is 43.8. The number of esters is 1. The van der Waals surface area contributed by atoms with Crippen LogP contribution in [0.2, 0.25) is 0 Å². The van der Waals surface area contributed by atoms with E-state index in [0.717, 1.165) is 96.3 Å². The highest BCUT2D eigenvalue weighted by molar-refractivity contribution is 5.77. The van der Waals surface area contributed by atoms with Crippen LogP contribution in [0.4, 0.5) is 0 Å². The average molecular weight is 840 g/mol. The molecule has 0 saturated heterocycles. The Morgan fingerprint density at radius 3 is 1.40 bits per heavy atom. The number of nitrogens with one attached hydrogen (secondary N) is 1. The van der Waals surface area contributed by atoms with Gasteiger partial charge in [-0.25, -0.2) is 0 Å². The minimum absolute atomic E-state index is 0.0616. The highest BCUT2D eigenvalue weighted by Crippen LogP contribution is 2.17. The number of ether oxygens (including phenoxy) is 1. The Labute approximate surface area is 371 Å². The van der Waals surface area contributed by atoms with Crippen molar-refractivity contribution >= 4 is 11.9 Å². The standard InChI is InChI=1S/C54H97NO5/c1-4-7-10-13-16-19-22-24-26-28-30-32-35-38-41-44-47-54(59)60-50(45-42-39-36-33-31-29-27-25-23-20-17-14-11-8-5-2)48-53(58)55-51(49-56)52(57)46-43-40-37-34-21-18-15-12-9-6-3/h7,10,16-17,19-20,24-27,50-52,56-57H,4-6,8-9,11-15,18,21-23,28-49H2,1-3H3,(H,55,58)/b10-7+,19-16+,20-17-,26-24+,27-25-. The number of allylic oxidation sites excluding steroid dienone is 10. The molecular weight excluding hydrogens is 743 g/mol. The summed E-state index contributed by atoms with van der Waals surface area (Å²) in [6.45, 7) is 6.33. The first-order valence-electron chi connectivity index (χ1n) is 25.5. The largest absolute Gasteiger partial charge is 0.462 e.